The smallest absolute Gasteiger partial charge is 0.184 e. The average molecular weight is 287 g/mol. The molecule has 4 heteroatoms. The maximum atomic E-state index is 12.0. The van der Waals surface area contributed by atoms with Crippen LogP contribution in [0.2, 0.25) is 0 Å². The van der Waals surface area contributed by atoms with Crippen LogP contribution in [0.5, 0.6) is 0 Å². The molecule has 3 aromatic rings. The number of carbonyl (C=O) groups is 1. The van der Waals surface area contributed by atoms with Crippen LogP contribution in [0.4, 0.5) is 0 Å². The highest BCUT2D eigenvalue weighted by atomic mass is 16.1. The monoisotopic (exact) mass is 287 g/mol. The van der Waals surface area contributed by atoms with Crippen LogP contribution in [0.1, 0.15) is 21.5 Å². The first-order chi connectivity index (χ1) is 10.8. The number of hydrogen-bond acceptors (Lipinski definition) is 3. The summed E-state index contributed by atoms with van der Waals surface area (Å²) in [4.78, 5) is 20.5. The number of fused-ring (bicyclic) bond motifs is 1. The highest BCUT2D eigenvalue weighted by Gasteiger charge is 2.20. The third kappa shape index (κ3) is 2.05. The minimum absolute atomic E-state index is 0.0781. The standard InChI is InChI=1S/C18H13N3O/c22-17-11-20-18(16-4-2-1-3-15(16)17)13-5-7-14(8-6-13)21-10-9-19-12-21/h1-10,12H,11H2. The maximum absolute atomic E-state index is 12.0. The summed E-state index contributed by atoms with van der Waals surface area (Å²) in [6.45, 7) is 0.218. The van der Waals surface area contributed by atoms with E-state index in [1.165, 1.54) is 0 Å². The van der Waals surface area contributed by atoms with Gasteiger partial charge in [0.2, 0.25) is 0 Å². The minimum Gasteiger partial charge on any atom is -0.306 e. The number of imidazole rings is 1. The first-order valence-corrected chi connectivity index (χ1v) is 7.09. The molecule has 4 nitrogen and oxygen atoms in total. The lowest BCUT2D eigenvalue weighted by molar-refractivity contribution is 0.1000. The van der Waals surface area contributed by atoms with Crippen LogP contribution < -0.4 is 0 Å². The number of nitrogens with zero attached hydrogens (tertiary/aromatic N) is 3. The van der Waals surface area contributed by atoms with E-state index in [-0.39, 0.29) is 12.3 Å². The van der Waals surface area contributed by atoms with Crippen molar-refractivity contribution in [2.45, 2.75) is 0 Å². The zero-order chi connectivity index (χ0) is 14.9. The van der Waals surface area contributed by atoms with Crippen LogP contribution in [0.3, 0.4) is 0 Å². The lowest BCUT2D eigenvalue weighted by Crippen LogP contribution is -2.19. The zero-order valence-electron chi connectivity index (χ0n) is 11.8. The van der Waals surface area contributed by atoms with Gasteiger partial charge in [0, 0.05) is 34.8 Å². The van der Waals surface area contributed by atoms with Crippen molar-refractivity contribution in [1.82, 2.24) is 9.55 Å². The molecule has 0 saturated carbocycles. The quantitative estimate of drug-likeness (QED) is 0.727. The summed E-state index contributed by atoms with van der Waals surface area (Å²) in [6.07, 6.45) is 5.42. The van der Waals surface area contributed by atoms with Crippen LogP contribution in [0, 0.1) is 0 Å². The van der Waals surface area contributed by atoms with Crippen LogP contribution in [-0.2, 0) is 0 Å². The van der Waals surface area contributed by atoms with Crippen molar-refractivity contribution in [3.8, 4) is 5.69 Å². The number of aliphatic imine (C=N–C) groups is 1. The Morgan fingerprint density at radius 1 is 0.955 bits per heavy atom. The summed E-state index contributed by atoms with van der Waals surface area (Å²) < 4.78 is 1.95. The van der Waals surface area contributed by atoms with Gasteiger partial charge in [-0.2, -0.15) is 0 Å². The number of aromatic nitrogens is 2. The van der Waals surface area contributed by atoms with Crippen molar-refractivity contribution >= 4 is 11.5 Å². The molecule has 1 aromatic heterocycles. The summed E-state index contributed by atoms with van der Waals surface area (Å²) in [5.74, 6) is 0.0781. The van der Waals surface area contributed by atoms with Gasteiger partial charge in [-0.05, 0) is 12.1 Å². The molecular formula is C18H13N3O. The van der Waals surface area contributed by atoms with E-state index >= 15 is 0 Å². The fourth-order valence-electron chi connectivity index (χ4n) is 2.70. The van der Waals surface area contributed by atoms with Crippen LogP contribution >= 0.6 is 0 Å². The second kappa shape index (κ2) is 5.07. The van der Waals surface area contributed by atoms with E-state index in [1.54, 1.807) is 12.5 Å². The lowest BCUT2D eigenvalue weighted by atomic mass is 9.93. The highest BCUT2D eigenvalue weighted by molar-refractivity contribution is 6.21. The molecule has 0 aliphatic carbocycles. The molecule has 0 radical (unpaired) electrons. The molecule has 0 spiro atoms. The molecule has 2 aromatic carbocycles. The van der Waals surface area contributed by atoms with Crippen LogP contribution in [-0.4, -0.2) is 27.6 Å². The molecule has 4 rings (SSSR count). The van der Waals surface area contributed by atoms with Gasteiger partial charge in [-0.3, -0.25) is 9.79 Å². The summed E-state index contributed by atoms with van der Waals surface area (Å²) in [6, 6.07) is 15.8. The first-order valence-electron chi connectivity index (χ1n) is 7.09. The summed E-state index contributed by atoms with van der Waals surface area (Å²) in [5, 5.41) is 0. The average Bonchev–Trinajstić information content (AvgIpc) is 3.10. The Morgan fingerprint density at radius 2 is 1.73 bits per heavy atom. The first kappa shape index (κ1) is 12.7. The molecular weight excluding hydrogens is 274 g/mol. The van der Waals surface area contributed by atoms with Gasteiger partial charge in [-0.25, -0.2) is 4.98 Å². The molecule has 0 unspecified atom stereocenters. The van der Waals surface area contributed by atoms with Crippen molar-refractivity contribution in [1.29, 1.82) is 0 Å². The van der Waals surface area contributed by atoms with E-state index in [0.29, 0.717) is 0 Å². The number of carbonyl (C=O) groups excluding carboxylic acids is 1. The fourth-order valence-corrected chi connectivity index (χ4v) is 2.70. The molecule has 1 aliphatic heterocycles. The molecule has 22 heavy (non-hydrogen) atoms. The number of Topliss-reactive ketones (excluding diaryl/α,β-unsaturated/α-hetero) is 1. The Morgan fingerprint density at radius 3 is 2.45 bits per heavy atom. The Labute approximate surface area is 127 Å². The maximum Gasteiger partial charge on any atom is 0.184 e. The molecule has 2 heterocycles. The van der Waals surface area contributed by atoms with Gasteiger partial charge >= 0.3 is 0 Å². The number of rotatable bonds is 2. The van der Waals surface area contributed by atoms with Crippen LogP contribution in [0.25, 0.3) is 5.69 Å². The summed E-state index contributed by atoms with van der Waals surface area (Å²) in [7, 11) is 0. The van der Waals surface area contributed by atoms with Gasteiger partial charge in [0.15, 0.2) is 5.78 Å². The third-order valence-corrected chi connectivity index (χ3v) is 3.81. The van der Waals surface area contributed by atoms with Crippen molar-refractivity contribution in [2.75, 3.05) is 6.54 Å². The van der Waals surface area contributed by atoms with E-state index in [0.717, 1.165) is 28.1 Å². The predicted octanol–water partition coefficient (Wildman–Crippen LogP) is 2.91. The van der Waals surface area contributed by atoms with Crippen molar-refractivity contribution in [3.63, 3.8) is 0 Å². The highest BCUT2D eigenvalue weighted by Crippen LogP contribution is 2.21. The zero-order valence-corrected chi connectivity index (χ0v) is 11.8. The SMILES string of the molecule is O=C1CN=C(c2ccc(-n3ccnc3)cc2)c2ccccc21. The van der Waals surface area contributed by atoms with Gasteiger partial charge in [0.05, 0.1) is 12.0 Å². The van der Waals surface area contributed by atoms with E-state index in [4.69, 9.17) is 0 Å². The van der Waals surface area contributed by atoms with Gasteiger partial charge < -0.3 is 4.57 Å². The molecule has 106 valence electrons. The normalized spacial score (nSPS) is 13.6. The molecule has 0 saturated heterocycles. The Kier molecular flexibility index (Phi) is 2.93. The number of benzene rings is 2. The lowest BCUT2D eigenvalue weighted by Gasteiger charge is -2.16. The predicted molar refractivity (Wildman–Crippen MR) is 84.8 cm³/mol. The van der Waals surface area contributed by atoms with E-state index < -0.39 is 0 Å². The summed E-state index contributed by atoms with van der Waals surface area (Å²) >= 11 is 0. The Bertz CT molecular complexity index is 862. The Balaban J connectivity index is 1.75. The van der Waals surface area contributed by atoms with E-state index in [2.05, 4.69) is 9.98 Å². The van der Waals surface area contributed by atoms with Crippen molar-refractivity contribution < 1.29 is 4.79 Å². The van der Waals surface area contributed by atoms with Crippen LogP contribution in [0.15, 0.2) is 72.2 Å². The van der Waals surface area contributed by atoms with Gasteiger partial charge in [0.1, 0.15) is 6.54 Å². The fraction of sp³-hybridized carbons (Fsp3) is 0.0556. The number of hydrogen-bond donors (Lipinski definition) is 0. The molecule has 0 fully saturated rings. The van der Waals surface area contributed by atoms with E-state index in [9.17, 15) is 4.79 Å². The second-order valence-electron chi connectivity index (χ2n) is 5.15. The van der Waals surface area contributed by atoms with Gasteiger partial charge in [-0.15, -0.1) is 0 Å². The third-order valence-electron chi connectivity index (χ3n) is 3.81. The van der Waals surface area contributed by atoms with E-state index in [1.807, 2.05) is 59.3 Å². The van der Waals surface area contributed by atoms with Gasteiger partial charge in [0.25, 0.3) is 0 Å². The van der Waals surface area contributed by atoms with Gasteiger partial charge in [-0.1, -0.05) is 36.4 Å². The molecule has 0 atom stereocenters. The van der Waals surface area contributed by atoms with Crippen molar-refractivity contribution in [3.05, 3.63) is 83.9 Å². The largest absolute Gasteiger partial charge is 0.306 e. The Hall–Kier alpha value is -3.01. The minimum atomic E-state index is 0.0781. The molecule has 1 aliphatic rings. The number of ketones is 1. The molecule has 0 bridgehead atoms. The van der Waals surface area contributed by atoms with Crippen molar-refractivity contribution in [2.24, 2.45) is 4.99 Å². The molecule has 0 N–H and O–H groups in total. The second-order valence-corrected chi connectivity index (χ2v) is 5.15. The topological polar surface area (TPSA) is 47.2 Å². The summed E-state index contributed by atoms with van der Waals surface area (Å²) in [5.41, 5.74) is 4.61. The molecule has 0 amide bonds.